The van der Waals surface area contributed by atoms with Crippen LogP contribution in [0.5, 0.6) is 0 Å². The Bertz CT molecular complexity index is 808. The molecule has 0 bridgehead atoms. The van der Waals surface area contributed by atoms with Crippen LogP contribution in [0.4, 0.5) is 0 Å². The summed E-state index contributed by atoms with van der Waals surface area (Å²) in [5, 5.41) is 8.39. The van der Waals surface area contributed by atoms with Crippen molar-refractivity contribution in [1.29, 1.82) is 0 Å². The molecule has 1 amide bonds. The standard InChI is InChI=1S/C19H23N3O4S/c1-3-25-18(24)15-9-4-5-10-22(15)16(23)12-27-19-21-20-17(26-19)14-8-6-7-13(2)11-14/h6-8,11,15H,3-5,9-10,12H2,1-2H3/t15-/m0/s1. The van der Waals surface area contributed by atoms with Gasteiger partial charge in [-0.1, -0.05) is 29.5 Å². The van der Waals surface area contributed by atoms with Crippen molar-refractivity contribution in [1.82, 2.24) is 15.1 Å². The fraction of sp³-hybridized carbons (Fsp3) is 0.474. The number of carbonyl (C=O) groups excluding carboxylic acids is 2. The van der Waals surface area contributed by atoms with Crippen LogP contribution in [0.3, 0.4) is 0 Å². The van der Waals surface area contributed by atoms with Gasteiger partial charge in [0.1, 0.15) is 6.04 Å². The molecule has 1 atom stereocenters. The predicted molar refractivity (Wildman–Crippen MR) is 101 cm³/mol. The summed E-state index contributed by atoms with van der Waals surface area (Å²) in [6.45, 7) is 4.65. The second kappa shape index (κ2) is 9.03. The van der Waals surface area contributed by atoms with E-state index in [0.29, 0.717) is 30.7 Å². The average Bonchev–Trinajstić information content (AvgIpc) is 3.15. The summed E-state index contributed by atoms with van der Waals surface area (Å²) in [5.41, 5.74) is 1.95. The van der Waals surface area contributed by atoms with E-state index in [1.807, 2.05) is 31.2 Å². The summed E-state index contributed by atoms with van der Waals surface area (Å²) >= 11 is 1.19. The van der Waals surface area contributed by atoms with Crippen LogP contribution in [-0.2, 0) is 14.3 Å². The number of nitrogens with zero attached hydrogens (tertiary/aromatic N) is 3. The number of benzene rings is 1. The van der Waals surface area contributed by atoms with Crippen molar-refractivity contribution in [3.63, 3.8) is 0 Å². The van der Waals surface area contributed by atoms with Crippen LogP contribution in [0, 0.1) is 6.92 Å². The fourth-order valence-electron chi connectivity index (χ4n) is 3.08. The zero-order valence-electron chi connectivity index (χ0n) is 15.5. The number of likely N-dealkylation sites (tertiary alicyclic amines) is 1. The number of piperidine rings is 1. The Hall–Kier alpha value is -2.35. The van der Waals surface area contributed by atoms with Gasteiger partial charge in [-0.3, -0.25) is 4.79 Å². The van der Waals surface area contributed by atoms with E-state index in [9.17, 15) is 9.59 Å². The molecule has 3 rings (SSSR count). The first-order valence-corrected chi connectivity index (χ1v) is 10.1. The third kappa shape index (κ3) is 4.88. The van der Waals surface area contributed by atoms with Gasteiger partial charge in [-0.05, 0) is 45.2 Å². The zero-order chi connectivity index (χ0) is 19.2. The maximum absolute atomic E-state index is 12.6. The van der Waals surface area contributed by atoms with Crippen molar-refractivity contribution < 1.29 is 18.7 Å². The number of aromatic nitrogens is 2. The third-order valence-corrected chi connectivity index (χ3v) is 5.18. The monoisotopic (exact) mass is 389 g/mol. The highest BCUT2D eigenvalue weighted by Crippen LogP contribution is 2.25. The van der Waals surface area contributed by atoms with Crippen LogP contribution < -0.4 is 0 Å². The Morgan fingerprint density at radius 1 is 1.33 bits per heavy atom. The molecule has 0 saturated carbocycles. The van der Waals surface area contributed by atoms with E-state index in [1.54, 1.807) is 11.8 Å². The van der Waals surface area contributed by atoms with E-state index in [1.165, 1.54) is 11.8 Å². The molecule has 0 N–H and O–H groups in total. The second-order valence-electron chi connectivity index (χ2n) is 6.38. The molecule has 7 nitrogen and oxygen atoms in total. The first kappa shape index (κ1) is 19.4. The van der Waals surface area contributed by atoms with E-state index in [0.717, 1.165) is 24.0 Å². The van der Waals surface area contributed by atoms with Gasteiger partial charge in [-0.2, -0.15) is 0 Å². The summed E-state index contributed by atoms with van der Waals surface area (Å²) in [5.74, 6) is 0.130. The molecule has 0 spiro atoms. The lowest BCUT2D eigenvalue weighted by Gasteiger charge is -2.33. The second-order valence-corrected chi connectivity index (χ2v) is 7.31. The molecular weight excluding hydrogens is 366 g/mol. The Morgan fingerprint density at radius 3 is 2.96 bits per heavy atom. The van der Waals surface area contributed by atoms with Crippen LogP contribution in [0.2, 0.25) is 0 Å². The van der Waals surface area contributed by atoms with Gasteiger partial charge in [0, 0.05) is 12.1 Å². The molecule has 1 saturated heterocycles. The van der Waals surface area contributed by atoms with Gasteiger partial charge in [0.15, 0.2) is 0 Å². The molecule has 27 heavy (non-hydrogen) atoms. The van der Waals surface area contributed by atoms with Crippen molar-refractivity contribution >= 4 is 23.6 Å². The highest BCUT2D eigenvalue weighted by Gasteiger charge is 2.33. The molecule has 8 heteroatoms. The van der Waals surface area contributed by atoms with Crippen molar-refractivity contribution in [2.45, 2.75) is 44.4 Å². The molecule has 1 fully saturated rings. The summed E-state index contributed by atoms with van der Waals surface area (Å²) < 4.78 is 10.8. The third-order valence-electron chi connectivity index (χ3n) is 4.37. The minimum absolute atomic E-state index is 0.118. The largest absolute Gasteiger partial charge is 0.464 e. The van der Waals surface area contributed by atoms with Crippen molar-refractivity contribution in [3.8, 4) is 11.5 Å². The van der Waals surface area contributed by atoms with Crippen molar-refractivity contribution in [2.24, 2.45) is 0 Å². The van der Waals surface area contributed by atoms with Crippen molar-refractivity contribution in [2.75, 3.05) is 18.9 Å². The van der Waals surface area contributed by atoms with Crippen LogP contribution in [0.15, 0.2) is 33.9 Å². The molecule has 1 aromatic carbocycles. The molecule has 0 radical (unpaired) electrons. The van der Waals surface area contributed by atoms with Gasteiger partial charge in [0.2, 0.25) is 11.8 Å². The average molecular weight is 389 g/mol. The van der Waals surface area contributed by atoms with Gasteiger partial charge >= 0.3 is 5.97 Å². The zero-order valence-corrected chi connectivity index (χ0v) is 16.3. The van der Waals surface area contributed by atoms with Gasteiger partial charge in [-0.25, -0.2) is 4.79 Å². The highest BCUT2D eigenvalue weighted by atomic mass is 32.2. The molecule has 0 unspecified atom stereocenters. The molecular formula is C19H23N3O4S. The van der Waals surface area contributed by atoms with E-state index in [-0.39, 0.29) is 17.6 Å². The first-order chi connectivity index (χ1) is 13.1. The predicted octanol–water partition coefficient (Wildman–Crippen LogP) is 3.08. The van der Waals surface area contributed by atoms with Gasteiger partial charge in [0.05, 0.1) is 12.4 Å². The SMILES string of the molecule is CCOC(=O)[C@@H]1CCCCN1C(=O)CSc1nnc(-c2cccc(C)c2)o1. The Balaban J connectivity index is 1.61. The molecule has 2 aromatic rings. The number of amides is 1. The van der Waals surface area contributed by atoms with Crippen LogP contribution in [0.25, 0.3) is 11.5 Å². The van der Waals surface area contributed by atoms with Gasteiger partial charge in [0.25, 0.3) is 5.22 Å². The van der Waals surface area contributed by atoms with Crippen LogP contribution in [-0.4, -0.2) is 51.9 Å². The van der Waals surface area contributed by atoms with Crippen LogP contribution in [0.1, 0.15) is 31.7 Å². The smallest absolute Gasteiger partial charge is 0.328 e. The first-order valence-electron chi connectivity index (χ1n) is 9.08. The lowest BCUT2D eigenvalue weighted by atomic mass is 10.0. The molecule has 1 aliphatic rings. The van der Waals surface area contributed by atoms with E-state index in [4.69, 9.17) is 9.15 Å². The normalized spacial score (nSPS) is 17.0. The Labute approximate surface area is 162 Å². The number of esters is 1. The Kier molecular flexibility index (Phi) is 6.49. The molecule has 1 aromatic heterocycles. The number of hydrogen-bond acceptors (Lipinski definition) is 7. The number of rotatable bonds is 6. The lowest BCUT2D eigenvalue weighted by molar-refractivity contribution is -0.155. The fourth-order valence-corrected chi connectivity index (χ4v) is 3.73. The summed E-state index contributed by atoms with van der Waals surface area (Å²) in [7, 11) is 0. The molecule has 1 aliphatic heterocycles. The number of ether oxygens (including phenoxy) is 1. The topological polar surface area (TPSA) is 85.5 Å². The quantitative estimate of drug-likeness (QED) is 0.554. The summed E-state index contributed by atoms with van der Waals surface area (Å²) in [4.78, 5) is 26.3. The maximum Gasteiger partial charge on any atom is 0.328 e. The molecule has 2 heterocycles. The van der Waals surface area contributed by atoms with Gasteiger partial charge in [-0.15, -0.1) is 10.2 Å². The minimum atomic E-state index is -0.489. The Morgan fingerprint density at radius 2 is 2.19 bits per heavy atom. The van der Waals surface area contributed by atoms with Crippen LogP contribution >= 0.6 is 11.8 Å². The lowest BCUT2D eigenvalue weighted by Crippen LogP contribution is -2.49. The molecule has 144 valence electrons. The molecule has 0 aliphatic carbocycles. The number of hydrogen-bond donors (Lipinski definition) is 0. The maximum atomic E-state index is 12.6. The number of carbonyl (C=O) groups is 2. The minimum Gasteiger partial charge on any atom is -0.464 e. The number of aryl methyl sites for hydroxylation is 1. The van der Waals surface area contributed by atoms with E-state index < -0.39 is 6.04 Å². The number of thioether (sulfide) groups is 1. The van der Waals surface area contributed by atoms with E-state index in [2.05, 4.69) is 10.2 Å². The highest BCUT2D eigenvalue weighted by molar-refractivity contribution is 7.99. The van der Waals surface area contributed by atoms with E-state index >= 15 is 0 Å². The van der Waals surface area contributed by atoms with Crippen molar-refractivity contribution in [3.05, 3.63) is 29.8 Å². The summed E-state index contributed by atoms with van der Waals surface area (Å²) in [6, 6.07) is 7.30. The van der Waals surface area contributed by atoms with Gasteiger partial charge < -0.3 is 14.1 Å². The summed E-state index contributed by atoms with van der Waals surface area (Å²) in [6.07, 6.45) is 2.46.